The molecule has 1 aromatic carbocycles. The summed E-state index contributed by atoms with van der Waals surface area (Å²) < 4.78 is 4.93. The maximum absolute atomic E-state index is 12.6. The monoisotopic (exact) mass is 473 g/mol. The Kier molecular flexibility index (Phi) is 7.25. The molecule has 0 saturated heterocycles. The van der Waals surface area contributed by atoms with Crippen molar-refractivity contribution in [1.82, 2.24) is 10.9 Å². The molecule has 0 aliphatic heterocycles. The Morgan fingerprint density at radius 3 is 2.41 bits per heavy atom. The molecule has 1 aromatic heterocycles. The van der Waals surface area contributed by atoms with Gasteiger partial charge in [-0.2, -0.15) is 0 Å². The van der Waals surface area contributed by atoms with Crippen LogP contribution in [0.5, 0.6) is 0 Å². The highest BCUT2D eigenvalue weighted by Gasteiger charge is 2.44. The van der Waals surface area contributed by atoms with Crippen LogP contribution in [-0.4, -0.2) is 24.1 Å². The Bertz CT molecular complexity index is 1020. The molecule has 2 aromatic rings. The lowest BCUT2D eigenvalue weighted by Crippen LogP contribution is -2.44. The molecule has 3 N–H and O–H groups in total. The van der Waals surface area contributed by atoms with Crippen LogP contribution in [0.3, 0.4) is 0 Å². The summed E-state index contributed by atoms with van der Waals surface area (Å²) in [5.74, 6) is -0.347. The number of carbonyl (C=O) groups excluding carboxylic acids is 2. The summed E-state index contributed by atoms with van der Waals surface area (Å²) in [6.07, 6.45) is 1.53. The molecule has 0 bridgehead atoms. The molecule has 1 amide bonds. The van der Waals surface area contributed by atoms with Gasteiger partial charge in [0.15, 0.2) is 5.11 Å². The van der Waals surface area contributed by atoms with Crippen LogP contribution in [0.2, 0.25) is 0 Å². The van der Waals surface area contributed by atoms with Gasteiger partial charge in [0.25, 0.3) is 0 Å². The predicted octanol–water partition coefficient (Wildman–Crippen LogP) is 4.82. The van der Waals surface area contributed by atoms with Crippen molar-refractivity contribution in [2.24, 2.45) is 5.92 Å². The Labute approximate surface area is 199 Å². The molecule has 2 atom stereocenters. The van der Waals surface area contributed by atoms with E-state index in [1.165, 1.54) is 29.6 Å². The first kappa shape index (κ1) is 24.2. The number of hydrogen-bond acceptors (Lipinski definition) is 5. The molecule has 32 heavy (non-hydrogen) atoms. The van der Waals surface area contributed by atoms with Crippen molar-refractivity contribution < 1.29 is 14.3 Å². The molecule has 1 aliphatic rings. The molecule has 3 rings (SSSR count). The van der Waals surface area contributed by atoms with Crippen LogP contribution >= 0.6 is 23.6 Å². The van der Waals surface area contributed by atoms with Gasteiger partial charge in [-0.3, -0.25) is 15.6 Å². The van der Waals surface area contributed by atoms with Crippen LogP contribution in [0.1, 0.15) is 72.0 Å². The van der Waals surface area contributed by atoms with Crippen molar-refractivity contribution >= 4 is 45.5 Å². The average Bonchev–Trinajstić information content (AvgIpc) is 3.49. The van der Waals surface area contributed by atoms with Gasteiger partial charge in [0.05, 0.1) is 12.7 Å². The van der Waals surface area contributed by atoms with Gasteiger partial charge in [0.2, 0.25) is 5.91 Å². The van der Waals surface area contributed by atoms with Crippen LogP contribution in [-0.2, 0) is 21.4 Å². The standard InChI is InChI=1S/C24H31N3O3S2/c1-7-16-13(2)32-21(19(16)22(29)30-6)25-23(31)27-26-20(28)18-12-17(18)14-8-10-15(11-9-14)24(3,4)5/h8-11,17-18H,7,12H2,1-6H3,(H,26,28)(H2,25,27,31)/t17-,18+/m1/s1. The fourth-order valence-electron chi connectivity index (χ4n) is 3.84. The summed E-state index contributed by atoms with van der Waals surface area (Å²) in [5.41, 5.74) is 9.46. The largest absolute Gasteiger partial charge is 0.465 e. The van der Waals surface area contributed by atoms with Crippen LogP contribution < -0.4 is 16.2 Å². The first-order valence-corrected chi connectivity index (χ1v) is 12.0. The molecular formula is C24H31N3O3S2. The first-order valence-electron chi connectivity index (χ1n) is 10.7. The third-order valence-electron chi connectivity index (χ3n) is 5.81. The molecule has 0 unspecified atom stereocenters. The number of anilines is 1. The minimum atomic E-state index is -0.404. The zero-order valence-electron chi connectivity index (χ0n) is 19.4. The zero-order valence-corrected chi connectivity index (χ0v) is 21.1. The van der Waals surface area contributed by atoms with Crippen LogP contribution in [0, 0.1) is 12.8 Å². The molecule has 6 nitrogen and oxygen atoms in total. The molecule has 8 heteroatoms. The van der Waals surface area contributed by atoms with E-state index in [9.17, 15) is 9.59 Å². The molecule has 1 saturated carbocycles. The van der Waals surface area contributed by atoms with Gasteiger partial charge in [-0.05, 0) is 60.0 Å². The highest BCUT2D eigenvalue weighted by atomic mass is 32.1. The predicted molar refractivity (Wildman–Crippen MR) is 133 cm³/mol. The SMILES string of the molecule is CCc1c(C)sc(NC(=S)NNC(=O)[C@H]2C[C@@H]2c2ccc(C(C)(C)C)cc2)c1C(=O)OC. The number of aryl methyl sites for hydroxylation is 1. The van der Waals surface area contributed by atoms with E-state index >= 15 is 0 Å². The van der Waals surface area contributed by atoms with E-state index in [0.717, 1.165) is 16.9 Å². The van der Waals surface area contributed by atoms with Crippen molar-refractivity contribution in [3.63, 3.8) is 0 Å². The second kappa shape index (κ2) is 9.58. The summed E-state index contributed by atoms with van der Waals surface area (Å²) in [6.45, 7) is 10.5. The maximum Gasteiger partial charge on any atom is 0.341 e. The van der Waals surface area contributed by atoms with E-state index in [-0.39, 0.29) is 28.3 Å². The second-order valence-corrected chi connectivity index (χ2v) is 10.7. The Morgan fingerprint density at radius 1 is 1.19 bits per heavy atom. The number of carbonyl (C=O) groups is 2. The average molecular weight is 474 g/mol. The van der Waals surface area contributed by atoms with E-state index in [0.29, 0.717) is 17.0 Å². The molecule has 172 valence electrons. The second-order valence-electron chi connectivity index (χ2n) is 9.08. The van der Waals surface area contributed by atoms with E-state index in [4.69, 9.17) is 17.0 Å². The number of amides is 1. The number of thiophene rings is 1. The smallest absolute Gasteiger partial charge is 0.341 e. The van der Waals surface area contributed by atoms with Gasteiger partial charge < -0.3 is 10.1 Å². The van der Waals surface area contributed by atoms with Crippen molar-refractivity contribution in [2.45, 2.75) is 58.8 Å². The Balaban J connectivity index is 1.55. The van der Waals surface area contributed by atoms with Crippen molar-refractivity contribution in [3.05, 3.63) is 51.4 Å². The normalized spacial score (nSPS) is 17.4. The van der Waals surface area contributed by atoms with Crippen molar-refractivity contribution in [1.29, 1.82) is 0 Å². The van der Waals surface area contributed by atoms with E-state index in [2.05, 4.69) is 61.2 Å². The molecule has 1 aliphatic carbocycles. The van der Waals surface area contributed by atoms with Gasteiger partial charge in [-0.15, -0.1) is 11.3 Å². The number of hydrogen-bond donors (Lipinski definition) is 3. The number of methoxy groups -OCH3 is 1. The fourth-order valence-corrected chi connectivity index (χ4v) is 5.19. The van der Waals surface area contributed by atoms with Gasteiger partial charge in [0.1, 0.15) is 5.00 Å². The zero-order chi connectivity index (χ0) is 23.6. The number of benzene rings is 1. The number of ether oxygens (including phenoxy) is 1. The van der Waals surface area contributed by atoms with Gasteiger partial charge >= 0.3 is 5.97 Å². The number of thiocarbonyl (C=S) groups is 1. The van der Waals surface area contributed by atoms with Crippen molar-refractivity contribution in [3.8, 4) is 0 Å². The lowest BCUT2D eigenvalue weighted by Gasteiger charge is -2.19. The minimum absolute atomic E-state index is 0.0768. The molecule has 1 heterocycles. The Hall–Kier alpha value is -2.45. The maximum atomic E-state index is 12.6. The van der Waals surface area contributed by atoms with Crippen LogP contribution in [0.15, 0.2) is 24.3 Å². The van der Waals surface area contributed by atoms with Crippen molar-refractivity contribution in [2.75, 3.05) is 12.4 Å². The fraction of sp³-hybridized carbons (Fsp3) is 0.458. The first-order chi connectivity index (χ1) is 15.1. The third kappa shape index (κ3) is 5.30. The van der Waals surface area contributed by atoms with Gasteiger partial charge in [-0.1, -0.05) is 52.0 Å². The lowest BCUT2D eigenvalue weighted by molar-refractivity contribution is -0.122. The van der Waals surface area contributed by atoms with E-state index in [1.54, 1.807) is 0 Å². The van der Waals surface area contributed by atoms with E-state index < -0.39 is 5.97 Å². The number of hydrazine groups is 1. The van der Waals surface area contributed by atoms with E-state index in [1.807, 2.05) is 13.8 Å². The Morgan fingerprint density at radius 2 is 1.84 bits per heavy atom. The quantitative estimate of drug-likeness (QED) is 0.328. The number of rotatable bonds is 5. The molecular weight excluding hydrogens is 442 g/mol. The van der Waals surface area contributed by atoms with Gasteiger partial charge in [-0.25, -0.2) is 4.79 Å². The lowest BCUT2D eigenvalue weighted by atomic mass is 9.86. The summed E-state index contributed by atoms with van der Waals surface area (Å²) in [7, 11) is 1.36. The van der Waals surface area contributed by atoms with Crippen LogP contribution in [0.4, 0.5) is 5.00 Å². The molecule has 1 fully saturated rings. The highest BCUT2D eigenvalue weighted by molar-refractivity contribution is 7.80. The number of esters is 1. The van der Waals surface area contributed by atoms with Gasteiger partial charge in [0, 0.05) is 10.8 Å². The summed E-state index contributed by atoms with van der Waals surface area (Å²) >= 11 is 6.76. The number of nitrogens with one attached hydrogen (secondary N) is 3. The third-order valence-corrected chi connectivity index (χ3v) is 7.08. The highest BCUT2D eigenvalue weighted by Crippen LogP contribution is 2.47. The topological polar surface area (TPSA) is 79.5 Å². The molecule has 0 spiro atoms. The summed E-state index contributed by atoms with van der Waals surface area (Å²) in [5, 5.41) is 3.86. The summed E-state index contributed by atoms with van der Waals surface area (Å²) in [6, 6.07) is 8.53. The van der Waals surface area contributed by atoms with Crippen LogP contribution in [0.25, 0.3) is 0 Å². The molecule has 0 radical (unpaired) electrons. The minimum Gasteiger partial charge on any atom is -0.465 e. The summed E-state index contributed by atoms with van der Waals surface area (Å²) in [4.78, 5) is 25.8.